The second kappa shape index (κ2) is 7.95. The summed E-state index contributed by atoms with van der Waals surface area (Å²) in [7, 11) is 0. The highest BCUT2D eigenvalue weighted by Gasteiger charge is 2.14. The van der Waals surface area contributed by atoms with Crippen LogP contribution in [0.3, 0.4) is 0 Å². The maximum Gasteiger partial charge on any atom is 0.287 e. The second-order valence-electron chi connectivity index (χ2n) is 6.26. The minimum Gasteiger partial charge on any atom is -0.409 e. The van der Waals surface area contributed by atoms with E-state index in [4.69, 9.17) is 4.84 Å². The largest absolute Gasteiger partial charge is 0.409 e. The normalized spacial score (nSPS) is 10.9. The number of anilines is 1. The van der Waals surface area contributed by atoms with Crippen molar-refractivity contribution in [2.24, 2.45) is 0 Å². The van der Waals surface area contributed by atoms with Crippen molar-refractivity contribution < 1.29 is 4.84 Å². The zero-order valence-corrected chi connectivity index (χ0v) is 15.3. The van der Waals surface area contributed by atoms with Crippen LogP contribution in [0.5, 0.6) is 0 Å². The molecule has 7 heteroatoms. The van der Waals surface area contributed by atoms with Gasteiger partial charge in [0.1, 0.15) is 12.9 Å². The molecular weight excluding hydrogens is 330 g/mol. The Morgan fingerprint density at radius 3 is 2.81 bits per heavy atom. The van der Waals surface area contributed by atoms with Crippen LogP contribution in [0, 0.1) is 13.8 Å². The van der Waals surface area contributed by atoms with Crippen LogP contribution in [0.1, 0.15) is 36.6 Å². The molecule has 0 aliphatic carbocycles. The van der Waals surface area contributed by atoms with Crippen LogP contribution in [0.25, 0.3) is 11.0 Å². The first-order valence-electron chi connectivity index (χ1n) is 8.75. The first-order chi connectivity index (χ1) is 12.6. The van der Waals surface area contributed by atoms with E-state index in [2.05, 4.69) is 33.3 Å². The van der Waals surface area contributed by atoms with E-state index < -0.39 is 0 Å². The van der Waals surface area contributed by atoms with Crippen LogP contribution in [0.4, 0.5) is 5.69 Å². The van der Waals surface area contributed by atoms with Gasteiger partial charge < -0.3 is 10.2 Å². The Morgan fingerprint density at radius 2 is 2.04 bits per heavy atom. The third-order valence-electron chi connectivity index (χ3n) is 4.08. The minimum atomic E-state index is -0.253. The summed E-state index contributed by atoms with van der Waals surface area (Å²) in [6, 6.07) is 3.59. The van der Waals surface area contributed by atoms with Gasteiger partial charge in [0.15, 0.2) is 5.65 Å². The Kier molecular flexibility index (Phi) is 5.46. The Labute approximate surface area is 152 Å². The molecule has 0 saturated carbocycles. The molecule has 7 nitrogen and oxygen atoms in total. The molecule has 0 aromatic carbocycles. The molecule has 3 heterocycles. The molecule has 0 saturated heterocycles. The lowest BCUT2D eigenvalue weighted by Gasteiger charge is -2.15. The van der Waals surface area contributed by atoms with Crippen LogP contribution in [0.2, 0.25) is 0 Å². The lowest BCUT2D eigenvalue weighted by molar-refractivity contribution is 0.108. The van der Waals surface area contributed by atoms with Crippen molar-refractivity contribution in [3.63, 3.8) is 0 Å². The van der Waals surface area contributed by atoms with Gasteiger partial charge >= 0.3 is 0 Å². The Balaban J connectivity index is 1.98. The number of nitrogens with zero attached hydrogens (tertiary/aromatic N) is 4. The quantitative estimate of drug-likeness (QED) is 0.658. The predicted octanol–water partition coefficient (Wildman–Crippen LogP) is 2.64. The molecule has 3 aromatic heterocycles. The number of hydrogen-bond donors (Lipinski definition) is 1. The molecule has 0 aliphatic rings. The summed E-state index contributed by atoms with van der Waals surface area (Å²) in [5, 5.41) is 4.10. The van der Waals surface area contributed by atoms with E-state index in [1.54, 1.807) is 6.20 Å². The molecule has 0 atom stereocenters. The summed E-state index contributed by atoms with van der Waals surface area (Å²) in [6.45, 7) is 6.99. The van der Waals surface area contributed by atoms with Crippen molar-refractivity contribution in [1.82, 2.24) is 19.7 Å². The molecule has 3 rings (SSSR count). The molecule has 26 heavy (non-hydrogen) atoms. The molecule has 0 fully saturated rings. The first-order valence-corrected chi connectivity index (χ1v) is 8.75. The van der Waals surface area contributed by atoms with E-state index in [9.17, 15) is 4.79 Å². The molecule has 136 valence electrons. The van der Waals surface area contributed by atoms with Crippen LogP contribution >= 0.6 is 0 Å². The predicted molar refractivity (Wildman–Crippen MR) is 101 cm³/mol. The fourth-order valence-corrected chi connectivity index (χ4v) is 2.76. The third kappa shape index (κ3) is 3.82. The molecule has 0 spiro atoms. The fourth-order valence-electron chi connectivity index (χ4n) is 2.76. The number of unbranched alkanes of at least 4 members (excludes halogenated alkanes) is 1. The Hall–Kier alpha value is -2.96. The minimum absolute atomic E-state index is 0.253. The number of hydrogen-bond acceptors (Lipinski definition) is 6. The van der Waals surface area contributed by atoms with Crippen molar-refractivity contribution in [3.8, 4) is 0 Å². The summed E-state index contributed by atoms with van der Waals surface area (Å²) in [5.74, 6) is 0. The van der Waals surface area contributed by atoms with Gasteiger partial charge in [0, 0.05) is 25.0 Å². The fraction of sp³-hybridized carbons (Fsp3) is 0.368. The Bertz CT molecular complexity index is 968. The molecule has 0 radical (unpaired) electrons. The van der Waals surface area contributed by atoms with E-state index in [1.165, 1.54) is 17.1 Å². The van der Waals surface area contributed by atoms with Crippen LogP contribution in [-0.4, -0.2) is 26.3 Å². The number of nitrogens with one attached hydrogen (secondary N) is 1. The summed E-state index contributed by atoms with van der Waals surface area (Å²) in [6.07, 6.45) is 6.93. The second-order valence-corrected chi connectivity index (χ2v) is 6.26. The number of pyridine rings is 2. The highest BCUT2D eigenvalue weighted by molar-refractivity contribution is 5.90. The SMILES string of the molecule is CCCCOn1c(=O)cc(NCc2cncc(C)c2)c2c(C)ncnc21. The number of rotatable bonds is 7. The van der Waals surface area contributed by atoms with Crippen molar-refractivity contribution >= 4 is 16.7 Å². The molecule has 0 bridgehead atoms. The zero-order chi connectivity index (χ0) is 18.5. The highest BCUT2D eigenvalue weighted by Crippen LogP contribution is 2.22. The van der Waals surface area contributed by atoms with Gasteiger partial charge in [-0.25, -0.2) is 9.97 Å². The van der Waals surface area contributed by atoms with Gasteiger partial charge in [0.25, 0.3) is 5.56 Å². The lowest BCUT2D eigenvalue weighted by atomic mass is 10.2. The smallest absolute Gasteiger partial charge is 0.287 e. The Morgan fingerprint density at radius 1 is 1.19 bits per heavy atom. The molecule has 0 unspecified atom stereocenters. The first kappa shape index (κ1) is 17.8. The number of aromatic nitrogens is 4. The van der Waals surface area contributed by atoms with E-state index >= 15 is 0 Å². The average Bonchev–Trinajstić information content (AvgIpc) is 2.62. The standard InChI is InChI=1S/C19H23N5O2/c1-4-5-6-26-24-17(25)8-16(18-14(3)22-12-23-19(18)24)21-11-15-7-13(2)9-20-10-15/h7-10,12,21H,4-6,11H2,1-3H3. The third-order valence-corrected chi connectivity index (χ3v) is 4.08. The monoisotopic (exact) mass is 353 g/mol. The topological polar surface area (TPSA) is 81.9 Å². The molecular formula is C19H23N5O2. The zero-order valence-electron chi connectivity index (χ0n) is 15.3. The maximum absolute atomic E-state index is 12.6. The van der Waals surface area contributed by atoms with E-state index in [0.717, 1.165) is 35.0 Å². The maximum atomic E-state index is 12.6. The van der Waals surface area contributed by atoms with Gasteiger partial charge in [-0.1, -0.05) is 19.4 Å². The van der Waals surface area contributed by atoms with Crippen molar-refractivity contribution in [3.05, 3.63) is 58.0 Å². The number of fused-ring (bicyclic) bond motifs is 1. The molecule has 3 aromatic rings. The highest BCUT2D eigenvalue weighted by atomic mass is 16.7. The summed E-state index contributed by atoms with van der Waals surface area (Å²) in [5.41, 5.74) is 3.83. The van der Waals surface area contributed by atoms with E-state index in [0.29, 0.717) is 24.5 Å². The average molecular weight is 353 g/mol. The van der Waals surface area contributed by atoms with Gasteiger partial charge in [-0.3, -0.25) is 9.78 Å². The van der Waals surface area contributed by atoms with E-state index in [-0.39, 0.29) is 5.56 Å². The lowest BCUT2D eigenvalue weighted by Crippen LogP contribution is -2.29. The van der Waals surface area contributed by atoms with Crippen LogP contribution in [-0.2, 0) is 6.54 Å². The summed E-state index contributed by atoms with van der Waals surface area (Å²) < 4.78 is 1.26. The van der Waals surface area contributed by atoms with Crippen molar-refractivity contribution in [1.29, 1.82) is 0 Å². The van der Waals surface area contributed by atoms with Gasteiger partial charge in [0.05, 0.1) is 16.8 Å². The van der Waals surface area contributed by atoms with E-state index in [1.807, 2.05) is 20.0 Å². The van der Waals surface area contributed by atoms with Crippen molar-refractivity contribution in [2.45, 2.75) is 40.2 Å². The van der Waals surface area contributed by atoms with Gasteiger partial charge in [-0.2, -0.15) is 0 Å². The summed E-state index contributed by atoms with van der Waals surface area (Å²) >= 11 is 0. The van der Waals surface area contributed by atoms with Crippen LogP contribution < -0.4 is 15.7 Å². The molecule has 0 aliphatic heterocycles. The van der Waals surface area contributed by atoms with Crippen LogP contribution in [0.15, 0.2) is 35.6 Å². The molecule has 0 amide bonds. The van der Waals surface area contributed by atoms with Gasteiger partial charge in [0.2, 0.25) is 0 Å². The summed E-state index contributed by atoms with van der Waals surface area (Å²) in [4.78, 5) is 31.0. The molecule has 1 N–H and O–H groups in total. The van der Waals surface area contributed by atoms with Gasteiger partial charge in [-0.15, -0.1) is 4.73 Å². The number of aryl methyl sites for hydroxylation is 2. The van der Waals surface area contributed by atoms with Crippen molar-refractivity contribution in [2.75, 3.05) is 11.9 Å². The van der Waals surface area contributed by atoms with Gasteiger partial charge in [-0.05, 0) is 31.4 Å².